The normalized spacial score (nSPS) is 11.8. The van der Waals surface area contributed by atoms with Gasteiger partial charge in [0.25, 0.3) is 0 Å². The molecule has 0 saturated heterocycles. The quantitative estimate of drug-likeness (QED) is 0.401. The summed E-state index contributed by atoms with van der Waals surface area (Å²) in [7, 11) is 1.66. The summed E-state index contributed by atoms with van der Waals surface area (Å²) in [5, 5.41) is 4.05. The fraction of sp³-hybridized carbons (Fsp3) is 0.375. The third-order valence-electron chi connectivity index (χ3n) is 5.14. The van der Waals surface area contributed by atoms with Gasteiger partial charge in [-0.15, -0.1) is 0 Å². The van der Waals surface area contributed by atoms with Crippen molar-refractivity contribution in [2.75, 3.05) is 32.1 Å². The van der Waals surface area contributed by atoms with Crippen molar-refractivity contribution >= 4 is 16.6 Å². The second kappa shape index (κ2) is 10.5. The fourth-order valence-corrected chi connectivity index (χ4v) is 3.58. The number of halogens is 3. The molecule has 0 aliphatic heterocycles. The van der Waals surface area contributed by atoms with Crippen LogP contribution in [-0.2, 0) is 12.7 Å². The first-order chi connectivity index (χ1) is 14.9. The van der Waals surface area contributed by atoms with Crippen LogP contribution in [0.15, 0.2) is 54.7 Å². The molecule has 7 heteroatoms. The molecule has 1 heterocycles. The molecule has 4 nitrogen and oxygen atoms in total. The highest BCUT2D eigenvalue weighted by Crippen LogP contribution is 2.32. The zero-order chi connectivity index (χ0) is 22.3. The van der Waals surface area contributed by atoms with Crippen molar-refractivity contribution in [3.05, 3.63) is 65.9 Å². The number of benzene rings is 2. The van der Waals surface area contributed by atoms with E-state index in [1.807, 2.05) is 12.1 Å². The van der Waals surface area contributed by atoms with E-state index in [9.17, 15) is 13.2 Å². The maximum atomic E-state index is 12.9. The number of fused-ring (bicyclic) bond motifs is 1. The summed E-state index contributed by atoms with van der Waals surface area (Å²) in [4.78, 5) is 6.51. The number of anilines is 1. The first-order valence-electron chi connectivity index (χ1n) is 10.5. The Kier molecular flexibility index (Phi) is 7.74. The number of methoxy groups -OCH3 is 1. The van der Waals surface area contributed by atoms with Gasteiger partial charge in [-0.3, -0.25) is 9.88 Å². The Morgan fingerprint density at radius 1 is 1.03 bits per heavy atom. The van der Waals surface area contributed by atoms with Crippen LogP contribution in [0.4, 0.5) is 18.9 Å². The van der Waals surface area contributed by atoms with Crippen LogP contribution in [0.1, 0.15) is 30.9 Å². The van der Waals surface area contributed by atoms with Crippen molar-refractivity contribution in [2.24, 2.45) is 0 Å². The molecular weight excluding hydrogens is 403 g/mol. The number of pyridine rings is 1. The summed E-state index contributed by atoms with van der Waals surface area (Å²) in [6.45, 7) is 5.69. The minimum Gasteiger partial charge on any atom is -0.497 e. The van der Waals surface area contributed by atoms with E-state index in [0.29, 0.717) is 10.9 Å². The SMILES string of the molecule is CCCN(CCCNc1ccnc2cc(C(F)(F)F)ccc12)Cc1ccc(OC)cc1. The Morgan fingerprint density at radius 2 is 1.81 bits per heavy atom. The Balaban J connectivity index is 1.57. The summed E-state index contributed by atoms with van der Waals surface area (Å²) >= 11 is 0. The molecule has 1 aromatic heterocycles. The average molecular weight is 432 g/mol. The van der Waals surface area contributed by atoms with Crippen LogP contribution < -0.4 is 10.1 Å². The van der Waals surface area contributed by atoms with E-state index in [2.05, 4.69) is 34.3 Å². The van der Waals surface area contributed by atoms with E-state index >= 15 is 0 Å². The van der Waals surface area contributed by atoms with E-state index in [4.69, 9.17) is 4.74 Å². The molecule has 0 aliphatic carbocycles. The molecule has 1 N–H and O–H groups in total. The molecule has 0 amide bonds. The number of alkyl halides is 3. The van der Waals surface area contributed by atoms with Crippen LogP contribution >= 0.6 is 0 Å². The number of aromatic nitrogens is 1. The van der Waals surface area contributed by atoms with Crippen molar-refractivity contribution in [3.8, 4) is 5.75 Å². The summed E-state index contributed by atoms with van der Waals surface area (Å²) in [6.07, 6.45) is -0.843. The first-order valence-corrected chi connectivity index (χ1v) is 10.5. The molecule has 3 aromatic rings. The van der Waals surface area contributed by atoms with Gasteiger partial charge in [0.1, 0.15) is 5.75 Å². The summed E-state index contributed by atoms with van der Waals surface area (Å²) in [5.41, 5.74) is 1.70. The lowest BCUT2D eigenvalue weighted by Gasteiger charge is -2.22. The lowest BCUT2D eigenvalue weighted by Crippen LogP contribution is -2.26. The van der Waals surface area contributed by atoms with E-state index in [1.54, 1.807) is 13.2 Å². The maximum absolute atomic E-state index is 12.9. The second-order valence-corrected chi connectivity index (χ2v) is 7.49. The highest BCUT2D eigenvalue weighted by Gasteiger charge is 2.30. The molecule has 3 rings (SSSR count). The minimum absolute atomic E-state index is 0.340. The van der Waals surface area contributed by atoms with Gasteiger partial charge in [0.2, 0.25) is 0 Å². The van der Waals surface area contributed by atoms with Crippen molar-refractivity contribution in [3.63, 3.8) is 0 Å². The smallest absolute Gasteiger partial charge is 0.416 e. The van der Waals surface area contributed by atoms with Gasteiger partial charge in [0.05, 0.1) is 18.2 Å². The Hall–Kier alpha value is -2.80. The first kappa shape index (κ1) is 22.9. The van der Waals surface area contributed by atoms with Crippen molar-refractivity contribution in [2.45, 2.75) is 32.5 Å². The molecule has 0 bridgehead atoms. The lowest BCUT2D eigenvalue weighted by atomic mass is 10.1. The van der Waals surface area contributed by atoms with Crippen molar-refractivity contribution in [1.29, 1.82) is 0 Å². The largest absolute Gasteiger partial charge is 0.497 e. The van der Waals surface area contributed by atoms with Gasteiger partial charge >= 0.3 is 6.18 Å². The molecule has 166 valence electrons. The molecule has 0 radical (unpaired) electrons. The summed E-state index contributed by atoms with van der Waals surface area (Å²) in [6, 6.07) is 13.6. The van der Waals surface area contributed by atoms with Gasteiger partial charge in [-0.2, -0.15) is 13.2 Å². The van der Waals surface area contributed by atoms with Gasteiger partial charge in [-0.05, 0) is 55.3 Å². The summed E-state index contributed by atoms with van der Waals surface area (Å²) < 4.78 is 44.0. The highest BCUT2D eigenvalue weighted by molar-refractivity contribution is 5.91. The number of hydrogen-bond donors (Lipinski definition) is 1. The predicted molar refractivity (Wildman–Crippen MR) is 118 cm³/mol. The van der Waals surface area contributed by atoms with E-state index in [-0.39, 0.29) is 0 Å². The molecular formula is C24H28F3N3O. The molecule has 0 atom stereocenters. The van der Waals surface area contributed by atoms with Gasteiger partial charge in [0, 0.05) is 36.9 Å². The van der Waals surface area contributed by atoms with Crippen LogP contribution in [-0.4, -0.2) is 36.6 Å². The number of rotatable bonds is 10. The van der Waals surface area contributed by atoms with Crippen LogP contribution in [0.2, 0.25) is 0 Å². The topological polar surface area (TPSA) is 37.4 Å². The summed E-state index contributed by atoms with van der Waals surface area (Å²) in [5.74, 6) is 0.849. The Morgan fingerprint density at radius 3 is 2.48 bits per heavy atom. The lowest BCUT2D eigenvalue weighted by molar-refractivity contribution is -0.137. The average Bonchev–Trinajstić information content (AvgIpc) is 2.76. The molecule has 0 aliphatic rings. The van der Waals surface area contributed by atoms with Gasteiger partial charge in [0.15, 0.2) is 0 Å². The van der Waals surface area contributed by atoms with Crippen molar-refractivity contribution in [1.82, 2.24) is 9.88 Å². The van der Waals surface area contributed by atoms with Crippen molar-refractivity contribution < 1.29 is 17.9 Å². The van der Waals surface area contributed by atoms with E-state index < -0.39 is 11.7 Å². The van der Waals surface area contributed by atoms with E-state index in [1.165, 1.54) is 17.8 Å². The number of ether oxygens (including phenoxy) is 1. The number of nitrogens with zero attached hydrogens (tertiary/aromatic N) is 2. The third kappa shape index (κ3) is 6.34. The molecule has 0 fully saturated rings. The standard InChI is InChI=1S/C24H28F3N3O/c1-3-14-30(17-18-5-8-20(31-2)9-6-18)15-4-12-28-22-11-13-29-23-16-19(24(25,26)27)7-10-21(22)23/h5-11,13,16H,3-4,12,14-15,17H2,1-2H3,(H,28,29). The van der Waals surface area contributed by atoms with Gasteiger partial charge in [-0.25, -0.2) is 0 Å². The highest BCUT2D eigenvalue weighted by atomic mass is 19.4. The Bertz CT molecular complexity index is 974. The van der Waals surface area contributed by atoms with Crippen LogP contribution in [0.3, 0.4) is 0 Å². The molecule has 0 unspecified atom stereocenters. The monoisotopic (exact) mass is 431 g/mol. The van der Waals surface area contributed by atoms with Crippen LogP contribution in [0, 0.1) is 0 Å². The molecule has 0 spiro atoms. The second-order valence-electron chi connectivity index (χ2n) is 7.49. The number of nitrogens with one attached hydrogen (secondary N) is 1. The predicted octanol–water partition coefficient (Wildman–Crippen LogP) is 5.98. The maximum Gasteiger partial charge on any atom is 0.416 e. The van der Waals surface area contributed by atoms with Gasteiger partial charge in [-0.1, -0.05) is 25.1 Å². The van der Waals surface area contributed by atoms with Gasteiger partial charge < -0.3 is 10.1 Å². The minimum atomic E-state index is -4.37. The van der Waals surface area contributed by atoms with E-state index in [0.717, 1.165) is 62.6 Å². The van der Waals surface area contributed by atoms with Crippen LogP contribution in [0.5, 0.6) is 5.75 Å². The molecule has 2 aromatic carbocycles. The third-order valence-corrected chi connectivity index (χ3v) is 5.14. The zero-order valence-electron chi connectivity index (χ0n) is 17.9. The zero-order valence-corrected chi connectivity index (χ0v) is 17.9. The fourth-order valence-electron chi connectivity index (χ4n) is 3.58. The molecule has 31 heavy (non-hydrogen) atoms. The molecule has 0 saturated carbocycles. The number of hydrogen-bond acceptors (Lipinski definition) is 4. The Labute approximate surface area is 181 Å². The van der Waals surface area contributed by atoms with Crippen LogP contribution in [0.25, 0.3) is 10.9 Å².